The molecule has 0 bridgehead atoms. The van der Waals surface area contributed by atoms with E-state index in [1.54, 1.807) is 7.11 Å². The summed E-state index contributed by atoms with van der Waals surface area (Å²) < 4.78 is 5.47. The molecule has 2 saturated heterocycles. The molecular weight excluding hydrogens is 673 g/mol. The molecule has 0 radical (unpaired) electrons. The SMILES string of the molecule is COc1ccc2c(-c3ccnc(N(c4ccc5c(-c6ccnc(NC7CC(C)(C)NC(C)(C)C7)n6)c[nH]c5c4)C4CC(C)(C)NC(C)(C)C4)n3)c[nH]c2c1. The zero-order valence-electron chi connectivity index (χ0n) is 33.1. The summed E-state index contributed by atoms with van der Waals surface area (Å²) >= 11 is 0. The molecule has 5 N–H and O–H groups in total. The number of fused-ring (bicyclic) bond motifs is 2. The molecule has 6 heterocycles. The third kappa shape index (κ3) is 7.27. The average molecular weight is 727 g/mol. The minimum atomic E-state index is -0.0831. The van der Waals surface area contributed by atoms with Crippen LogP contribution in [0.3, 0.4) is 0 Å². The molecule has 0 atom stereocenters. The van der Waals surface area contributed by atoms with E-state index in [0.717, 1.165) is 81.4 Å². The highest BCUT2D eigenvalue weighted by atomic mass is 16.5. The molecule has 0 amide bonds. The number of hydrogen-bond acceptors (Lipinski definition) is 9. The highest BCUT2D eigenvalue weighted by Gasteiger charge is 2.42. The standard InChI is InChI=1S/C43H54N10O/c1-40(2)20-26(21-41(3,4)51-40)48-38-44-16-14-34(49-38)32-24-46-36-18-27(10-12-30(32)36)53(28-22-42(5,6)52-43(7,8)23-28)39-45-17-15-35(50-39)33-25-47-37-19-29(54-9)11-13-31(33)37/h10-19,24-26,28,46-47,51-52H,20-23H2,1-9H3,(H,44,48,49). The second-order valence-electron chi connectivity index (χ2n) is 18.0. The van der Waals surface area contributed by atoms with E-state index in [1.807, 2.05) is 42.9 Å². The van der Waals surface area contributed by atoms with Crippen molar-refractivity contribution in [2.24, 2.45) is 0 Å². The normalized spacial score (nSPS) is 19.6. The average Bonchev–Trinajstić information content (AvgIpc) is 3.70. The Hall–Kier alpha value is -5.00. The van der Waals surface area contributed by atoms with Crippen molar-refractivity contribution < 1.29 is 4.74 Å². The first-order chi connectivity index (χ1) is 25.6. The van der Waals surface area contributed by atoms with Crippen LogP contribution in [-0.2, 0) is 0 Å². The molecular formula is C43H54N10O. The van der Waals surface area contributed by atoms with Crippen LogP contribution in [0.1, 0.15) is 81.1 Å². The summed E-state index contributed by atoms with van der Waals surface area (Å²) in [5, 5.41) is 13.5. The maximum atomic E-state index is 5.47. The highest BCUT2D eigenvalue weighted by molar-refractivity contribution is 5.97. The summed E-state index contributed by atoms with van der Waals surface area (Å²) in [5.74, 6) is 2.15. The fourth-order valence-corrected chi connectivity index (χ4v) is 9.66. The molecule has 2 aliphatic rings. The first-order valence-corrected chi connectivity index (χ1v) is 19.1. The number of aromatic amines is 2. The Labute approximate surface area is 318 Å². The van der Waals surface area contributed by atoms with Crippen molar-refractivity contribution in [2.75, 3.05) is 17.3 Å². The van der Waals surface area contributed by atoms with Gasteiger partial charge in [-0.25, -0.2) is 19.9 Å². The molecule has 2 aliphatic heterocycles. The van der Waals surface area contributed by atoms with Crippen LogP contribution in [-0.4, -0.2) is 71.3 Å². The van der Waals surface area contributed by atoms with Crippen LogP contribution in [0.15, 0.2) is 73.3 Å². The van der Waals surface area contributed by atoms with Gasteiger partial charge in [0.25, 0.3) is 0 Å². The van der Waals surface area contributed by atoms with Crippen LogP contribution in [0.5, 0.6) is 5.75 Å². The smallest absolute Gasteiger partial charge is 0.230 e. The van der Waals surface area contributed by atoms with Crippen LogP contribution in [0.2, 0.25) is 0 Å². The predicted octanol–water partition coefficient (Wildman–Crippen LogP) is 8.74. The lowest BCUT2D eigenvalue weighted by molar-refractivity contribution is 0.162. The van der Waals surface area contributed by atoms with Crippen LogP contribution in [0.4, 0.5) is 17.6 Å². The third-order valence-electron chi connectivity index (χ3n) is 11.0. The van der Waals surface area contributed by atoms with Crippen LogP contribution in [0, 0.1) is 0 Å². The third-order valence-corrected chi connectivity index (χ3v) is 11.0. The number of benzene rings is 2. The predicted molar refractivity (Wildman–Crippen MR) is 220 cm³/mol. The lowest BCUT2D eigenvalue weighted by Crippen LogP contribution is -2.61. The maximum absolute atomic E-state index is 5.47. The Morgan fingerprint density at radius 2 is 1.22 bits per heavy atom. The van der Waals surface area contributed by atoms with Crippen molar-refractivity contribution >= 4 is 39.4 Å². The summed E-state index contributed by atoms with van der Waals surface area (Å²) in [6.07, 6.45) is 11.6. The van der Waals surface area contributed by atoms with Gasteiger partial charge in [-0.15, -0.1) is 0 Å². The topological polar surface area (TPSA) is 132 Å². The van der Waals surface area contributed by atoms with Gasteiger partial charge in [0.1, 0.15) is 5.75 Å². The Bertz CT molecular complexity index is 2290. The lowest BCUT2D eigenvalue weighted by Gasteiger charge is -2.49. The Morgan fingerprint density at radius 3 is 1.85 bits per heavy atom. The molecule has 0 spiro atoms. The van der Waals surface area contributed by atoms with Gasteiger partial charge in [-0.1, -0.05) is 6.07 Å². The molecule has 6 aromatic rings. The Kier molecular flexibility index (Phi) is 8.73. The number of nitrogens with zero attached hydrogens (tertiary/aromatic N) is 5. The molecule has 282 valence electrons. The zero-order valence-corrected chi connectivity index (χ0v) is 33.1. The number of piperidine rings is 2. The van der Waals surface area contributed by atoms with E-state index in [-0.39, 0.29) is 34.2 Å². The fourth-order valence-electron chi connectivity index (χ4n) is 9.66. The summed E-state index contributed by atoms with van der Waals surface area (Å²) in [7, 11) is 1.69. The maximum Gasteiger partial charge on any atom is 0.230 e. The molecule has 4 aromatic heterocycles. The van der Waals surface area contributed by atoms with E-state index in [4.69, 9.17) is 19.7 Å². The van der Waals surface area contributed by atoms with E-state index >= 15 is 0 Å². The summed E-state index contributed by atoms with van der Waals surface area (Å²) in [4.78, 5) is 29.2. The number of methoxy groups -OCH3 is 1. The van der Waals surface area contributed by atoms with Crippen molar-refractivity contribution in [1.29, 1.82) is 0 Å². The second-order valence-corrected chi connectivity index (χ2v) is 18.0. The van der Waals surface area contributed by atoms with E-state index in [2.05, 4.69) is 122 Å². The van der Waals surface area contributed by atoms with Crippen LogP contribution < -0.4 is 25.6 Å². The van der Waals surface area contributed by atoms with E-state index < -0.39 is 0 Å². The Morgan fingerprint density at radius 1 is 0.667 bits per heavy atom. The highest BCUT2D eigenvalue weighted by Crippen LogP contribution is 2.40. The van der Waals surface area contributed by atoms with E-state index in [9.17, 15) is 0 Å². The van der Waals surface area contributed by atoms with E-state index in [0.29, 0.717) is 11.9 Å². The molecule has 11 nitrogen and oxygen atoms in total. The van der Waals surface area contributed by atoms with Crippen LogP contribution >= 0.6 is 0 Å². The van der Waals surface area contributed by atoms with Gasteiger partial charge in [0, 0.05) is 104 Å². The van der Waals surface area contributed by atoms with Crippen LogP contribution in [0.25, 0.3) is 44.3 Å². The van der Waals surface area contributed by atoms with Gasteiger partial charge in [0.05, 0.1) is 18.5 Å². The van der Waals surface area contributed by atoms with Gasteiger partial charge in [-0.2, -0.15) is 0 Å². The molecule has 0 saturated carbocycles. The lowest BCUT2D eigenvalue weighted by atomic mass is 9.79. The summed E-state index contributed by atoms with van der Waals surface area (Å²) in [5.41, 5.74) is 6.76. The molecule has 0 unspecified atom stereocenters. The monoisotopic (exact) mass is 726 g/mol. The quantitative estimate of drug-likeness (QED) is 0.105. The van der Waals surface area contributed by atoms with Crippen molar-refractivity contribution in [3.05, 3.63) is 73.3 Å². The largest absolute Gasteiger partial charge is 0.497 e. The molecule has 54 heavy (non-hydrogen) atoms. The number of aromatic nitrogens is 6. The first-order valence-electron chi connectivity index (χ1n) is 19.1. The molecule has 11 heteroatoms. The van der Waals surface area contributed by atoms with E-state index in [1.165, 1.54) is 0 Å². The molecule has 2 fully saturated rings. The number of rotatable bonds is 8. The van der Waals surface area contributed by atoms with Crippen molar-refractivity contribution in [2.45, 2.75) is 115 Å². The Balaban J connectivity index is 1.15. The molecule has 8 rings (SSSR count). The zero-order chi connectivity index (χ0) is 38.0. The first kappa shape index (κ1) is 36.0. The number of ether oxygens (including phenoxy) is 1. The minimum absolute atomic E-state index is 0.0243. The van der Waals surface area contributed by atoms with Gasteiger partial charge in [-0.05, 0) is 117 Å². The molecule has 0 aliphatic carbocycles. The van der Waals surface area contributed by atoms with Gasteiger partial charge < -0.3 is 35.6 Å². The summed E-state index contributed by atoms with van der Waals surface area (Å²) in [6.45, 7) is 18.2. The van der Waals surface area contributed by atoms with Gasteiger partial charge in [0.15, 0.2) is 0 Å². The van der Waals surface area contributed by atoms with Gasteiger partial charge >= 0.3 is 0 Å². The summed E-state index contributed by atoms with van der Waals surface area (Å²) in [6, 6.07) is 17.1. The van der Waals surface area contributed by atoms with Gasteiger partial charge in [-0.3, -0.25) is 0 Å². The fraction of sp³-hybridized carbons (Fsp3) is 0.442. The van der Waals surface area contributed by atoms with Crippen molar-refractivity contribution in [1.82, 2.24) is 40.5 Å². The van der Waals surface area contributed by atoms with Gasteiger partial charge in [0.2, 0.25) is 11.9 Å². The molecule has 2 aromatic carbocycles. The second kappa shape index (κ2) is 13.1. The van der Waals surface area contributed by atoms with Crippen molar-refractivity contribution in [3.8, 4) is 28.3 Å². The minimum Gasteiger partial charge on any atom is -0.497 e. The number of hydrogen-bond donors (Lipinski definition) is 5. The van der Waals surface area contributed by atoms with Crippen molar-refractivity contribution in [3.63, 3.8) is 0 Å². The number of H-pyrrole nitrogens is 2. The number of anilines is 3. The number of nitrogens with one attached hydrogen (secondary N) is 5.